The summed E-state index contributed by atoms with van der Waals surface area (Å²) < 4.78 is 37.2. The second-order valence-corrected chi connectivity index (χ2v) is 9.45. The Morgan fingerprint density at radius 2 is 1.89 bits per heavy atom. The van der Waals surface area contributed by atoms with Crippen LogP contribution in [-0.2, 0) is 12.3 Å². The van der Waals surface area contributed by atoms with Crippen molar-refractivity contribution in [3.8, 4) is 11.5 Å². The number of ether oxygens (including phenoxy) is 1. The zero-order valence-corrected chi connectivity index (χ0v) is 20.0. The number of rotatable bonds is 3. The molecule has 0 saturated carbocycles. The van der Waals surface area contributed by atoms with Crippen LogP contribution in [0.1, 0.15) is 28.0 Å². The van der Waals surface area contributed by atoms with E-state index in [0.29, 0.717) is 18.5 Å². The molecule has 2 bridgehead atoms. The van der Waals surface area contributed by atoms with E-state index in [1.807, 2.05) is 36.4 Å². The number of nitrogens with zero attached hydrogens (tertiary/aromatic N) is 3. The van der Waals surface area contributed by atoms with Gasteiger partial charge in [-0.2, -0.15) is 0 Å². The molecule has 10 heteroatoms. The topological polar surface area (TPSA) is 75.0 Å². The first-order chi connectivity index (χ1) is 17.4. The maximum atomic E-state index is 15.2. The molecule has 1 N–H and O–H groups in total. The Balaban J connectivity index is 1.62. The zero-order valence-electron chi connectivity index (χ0n) is 19.2. The molecule has 3 heterocycles. The van der Waals surface area contributed by atoms with Crippen LogP contribution in [0.4, 0.5) is 8.78 Å². The quantitative estimate of drug-likeness (QED) is 0.423. The van der Waals surface area contributed by atoms with Gasteiger partial charge in [0.25, 0.3) is 5.91 Å². The lowest BCUT2D eigenvalue weighted by Crippen LogP contribution is -2.54. The molecule has 0 atom stereocenters. The molecule has 0 saturated heterocycles. The van der Waals surface area contributed by atoms with E-state index in [1.165, 1.54) is 27.5 Å². The number of thioether (sulfide) groups is 1. The number of pyridine rings is 1. The highest BCUT2D eigenvalue weighted by Crippen LogP contribution is 2.34. The van der Waals surface area contributed by atoms with Crippen molar-refractivity contribution in [1.29, 1.82) is 0 Å². The molecule has 3 aromatic rings. The average Bonchev–Trinajstić information content (AvgIpc) is 2.87. The predicted octanol–water partition coefficient (Wildman–Crippen LogP) is 4.01. The van der Waals surface area contributed by atoms with E-state index in [9.17, 15) is 19.1 Å². The summed E-state index contributed by atoms with van der Waals surface area (Å²) in [5.41, 5.74) is -0.269. The Kier molecular flexibility index (Phi) is 6.69. The molecular formula is C26H23F2N3O4S. The molecule has 1 aromatic heterocycles. The third-order valence-electron chi connectivity index (χ3n) is 6.11. The molecule has 5 rings (SSSR count). The predicted molar refractivity (Wildman–Crippen MR) is 132 cm³/mol. The molecule has 2 aromatic carbocycles. The fourth-order valence-corrected chi connectivity index (χ4v) is 5.24. The van der Waals surface area contributed by atoms with Crippen LogP contribution in [0, 0.1) is 11.6 Å². The molecule has 0 unspecified atom stereocenters. The fourth-order valence-electron chi connectivity index (χ4n) is 4.28. The zero-order chi connectivity index (χ0) is 25.2. The number of carbonyl (C=O) groups excluding carboxylic acids is 1. The second-order valence-electron chi connectivity index (χ2n) is 8.40. The van der Waals surface area contributed by atoms with Crippen LogP contribution in [0.2, 0.25) is 0 Å². The normalized spacial score (nSPS) is 16.3. The number of halogens is 2. The molecule has 7 nitrogen and oxygen atoms in total. The number of fused-ring (bicyclic) bond motifs is 5. The third-order valence-corrected chi connectivity index (χ3v) is 7.15. The summed E-state index contributed by atoms with van der Waals surface area (Å²) in [4.78, 5) is 27.6. The second kappa shape index (κ2) is 10.1. The molecule has 1 amide bonds. The van der Waals surface area contributed by atoms with Crippen LogP contribution >= 0.6 is 11.8 Å². The molecule has 36 heavy (non-hydrogen) atoms. The maximum absolute atomic E-state index is 15.2. The van der Waals surface area contributed by atoms with Crippen LogP contribution in [0.25, 0.3) is 0 Å². The van der Waals surface area contributed by atoms with Gasteiger partial charge in [0, 0.05) is 46.6 Å². The van der Waals surface area contributed by atoms with E-state index in [-0.39, 0.29) is 42.6 Å². The molecule has 0 aliphatic carbocycles. The van der Waals surface area contributed by atoms with E-state index in [0.717, 1.165) is 17.0 Å². The Morgan fingerprint density at radius 1 is 1.08 bits per heavy atom. The number of aromatic hydroxyl groups is 1. The summed E-state index contributed by atoms with van der Waals surface area (Å²) in [5, 5.41) is 12.1. The largest absolute Gasteiger partial charge is 0.502 e. The average molecular weight is 512 g/mol. The molecule has 2 aliphatic rings. The number of hydrogen-bond donors (Lipinski definition) is 1. The van der Waals surface area contributed by atoms with Crippen LogP contribution in [0.5, 0.6) is 11.5 Å². The van der Waals surface area contributed by atoms with Crippen molar-refractivity contribution >= 4 is 17.7 Å². The summed E-state index contributed by atoms with van der Waals surface area (Å²) in [6.45, 7) is 0.656. The van der Waals surface area contributed by atoms with E-state index in [1.54, 1.807) is 11.1 Å². The molecule has 186 valence electrons. The summed E-state index contributed by atoms with van der Waals surface area (Å²) in [7, 11) is 0. The number of carbonyl (C=O) groups is 1. The molecule has 2 aliphatic heterocycles. The van der Waals surface area contributed by atoms with Gasteiger partial charge in [0.05, 0.1) is 6.54 Å². The van der Waals surface area contributed by atoms with Crippen LogP contribution < -0.4 is 15.2 Å². The van der Waals surface area contributed by atoms with E-state index in [2.05, 4.69) is 0 Å². The number of hydrogen-bond acceptors (Lipinski definition) is 6. The number of aromatic nitrogens is 1. The van der Waals surface area contributed by atoms with Gasteiger partial charge in [0.15, 0.2) is 23.1 Å². The Bertz CT molecular complexity index is 1390. The summed E-state index contributed by atoms with van der Waals surface area (Å²) in [5.74, 6) is -2.76. The SMILES string of the molecule is O=C1c2c(O)c(=O)ccn2N2Cc3c(cc(F)c(F)c3CSc3ccccc3)OC/C=C/CCN1C2. The van der Waals surface area contributed by atoms with Gasteiger partial charge in [-0.25, -0.2) is 8.78 Å². The van der Waals surface area contributed by atoms with Gasteiger partial charge in [-0.1, -0.05) is 30.4 Å². The lowest BCUT2D eigenvalue weighted by atomic mass is 10.1. The Labute approximate surface area is 210 Å². The van der Waals surface area contributed by atoms with Crippen molar-refractivity contribution in [3.63, 3.8) is 0 Å². The highest BCUT2D eigenvalue weighted by molar-refractivity contribution is 7.98. The first-order valence-corrected chi connectivity index (χ1v) is 12.4. The van der Waals surface area contributed by atoms with Crippen molar-refractivity contribution in [1.82, 2.24) is 9.58 Å². The molecule has 0 fully saturated rings. The van der Waals surface area contributed by atoms with E-state index < -0.39 is 28.7 Å². The van der Waals surface area contributed by atoms with Crippen molar-refractivity contribution in [2.24, 2.45) is 0 Å². The first kappa shape index (κ1) is 23.9. The lowest BCUT2D eigenvalue weighted by molar-refractivity contribution is 0.0688. The lowest BCUT2D eigenvalue weighted by Gasteiger charge is -2.40. The van der Waals surface area contributed by atoms with E-state index in [4.69, 9.17) is 4.74 Å². The standard InChI is InChI=1S/C26H23F2N3O4S/c27-20-13-22-18(19(23(20)28)15-36-17-7-3-1-4-8-17)14-30-16-29(10-5-2-6-12-35-22)26(34)24-25(33)21(32)9-11-31(24)30/h1-4,6-9,11,13,33H,5,10,12,14-16H2/b6-2+. The molecular weight excluding hydrogens is 488 g/mol. The van der Waals surface area contributed by atoms with Crippen LogP contribution in [0.3, 0.4) is 0 Å². The third kappa shape index (κ3) is 4.56. The van der Waals surface area contributed by atoms with Crippen LogP contribution in [0.15, 0.2) is 70.5 Å². The fraction of sp³-hybridized carbons (Fsp3) is 0.231. The van der Waals surface area contributed by atoms with Gasteiger partial charge in [0.1, 0.15) is 19.0 Å². The minimum Gasteiger partial charge on any atom is -0.502 e. The van der Waals surface area contributed by atoms with E-state index >= 15 is 4.39 Å². The number of benzene rings is 2. The highest BCUT2D eigenvalue weighted by atomic mass is 32.2. The van der Waals surface area contributed by atoms with Crippen LogP contribution in [-0.4, -0.2) is 40.4 Å². The van der Waals surface area contributed by atoms with Crippen molar-refractivity contribution in [2.75, 3.05) is 24.8 Å². The van der Waals surface area contributed by atoms with Gasteiger partial charge >= 0.3 is 0 Å². The Morgan fingerprint density at radius 3 is 2.69 bits per heavy atom. The van der Waals surface area contributed by atoms with Crippen molar-refractivity contribution in [2.45, 2.75) is 23.6 Å². The summed E-state index contributed by atoms with van der Waals surface area (Å²) in [6, 6.07) is 11.6. The Hall–Kier alpha value is -3.79. The maximum Gasteiger partial charge on any atom is 0.277 e. The highest BCUT2D eigenvalue weighted by Gasteiger charge is 2.33. The molecule has 0 spiro atoms. The molecule has 0 radical (unpaired) electrons. The summed E-state index contributed by atoms with van der Waals surface area (Å²) >= 11 is 1.36. The van der Waals surface area contributed by atoms with Gasteiger partial charge in [0.2, 0.25) is 5.43 Å². The smallest absolute Gasteiger partial charge is 0.277 e. The first-order valence-electron chi connectivity index (χ1n) is 11.4. The monoisotopic (exact) mass is 511 g/mol. The number of amides is 1. The summed E-state index contributed by atoms with van der Waals surface area (Å²) in [6.07, 6.45) is 5.51. The minimum atomic E-state index is -1.01. The minimum absolute atomic E-state index is 0.0417. The van der Waals surface area contributed by atoms with Gasteiger partial charge in [-0.05, 0) is 18.6 Å². The van der Waals surface area contributed by atoms with Crippen molar-refractivity contribution in [3.05, 3.63) is 99.5 Å². The van der Waals surface area contributed by atoms with Crippen molar-refractivity contribution < 1.29 is 23.4 Å². The van der Waals surface area contributed by atoms with Gasteiger partial charge in [-0.3, -0.25) is 19.3 Å². The van der Waals surface area contributed by atoms with Gasteiger partial charge < -0.3 is 14.7 Å². The van der Waals surface area contributed by atoms with Gasteiger partial charge in [-0.15, -0.1) is 11.8 Å².